The van der Waals surface area contributed by atoms with Crippen LogP contribution < -0.4 is 5.32 Å². The molecule has 0 spiro atoms. The van der Waals surface area contributed by atoms with Crippen molar-refractivity contribution >= 4 is 15.9 Å². The minimum Gasteiger partial charge on any atom is -0.316 e. The minimum atomic E-state index is -0.133. The highest BCUT2D eigenvalue weighted by Crippen LogP contribution is 2.28. The lowest BCUT2D eigenvalue weighted by Crippen LogP contribution is -2.41. The zero-order chi connectivity index (χ0) is 13.1. The van der Waals surface area contributed by atoms with Gasteiger partial charge >= 0.3 is 0 Å². The second-order valence-corrected chi connectivity index (χ2v) is 6.04. The van der Waals surface area contributed by atoms with Crippen molar-refractivity contribution in [3.63, 3.8) is 0 Å². The van der Waals surface area contributed by atoms with E-state index in [4.69, 9.17) is 0 Å². The van der Waals surface area contributed by atoms with Crippen LogP contribution in [-0.2, 0) is 6.42 Å². The summed E-state index contributed by atoms with van der Waals surface area (Å²) in [6.07, 6.45) is 1.78. The molecule has 0 aliphatic heterocycles. The van der Waals surface area contributed by atoms with E-state index in [1.54, 1.807) is 0 Å². The summed E-state index contributed by atoms with van der Waals surface area (Å²) < 4.78 is 14.6. The maximum absolute atomic E-state index is 13.8. The van der Waals surface area contributed by atoms with Gasteiger partial charge < -0.3 is 5.32 Å². The summed E-state index contributed by atoms with van der Waals surface area (Å²) in [7, 11) is 1.94. The van der Waals surface area contributed by atoms with Gasteiger partial charge in [0.15, 0.2) is 0 Å². The van der Waals surface area contributed by atoms with E-state index >= 15 is 0 Å². The van der Waals surface area contributed by atoms with E-state index in [9.17, 15) is 4.39 Å². The Morgan fingerprint density at radius 2 is 2.06 bits per heavy atom. The average molecular weight is 302 g/mol. The maximum atomic E-state index is 13.8. The van der Waals surface area contributed by atoms with Gasteiger partial charge in [0.2, 0.25) is 0 Å². The normalized spacial score (nSPS) is 13.8. The van der Waals surface area contributed by atoms with Crippen molar-refractivity contribution in [3.05, 3.63) is 34.1 Å². The first kappa shape index (κ1) is 14.7. The van der Waals surface area contributed by atoms with Crippen molar-refractivity contribution in [1.29, 1.82) is 0 Å². The molecule has 0 aromatic heterocycles. The quantitative estimate of drug-likeness (QED) is 0.861. The molecule has 1 N–H and O–H groups in total. The summed E-state index contributed by atoms with van der Waals surface area (Å²) in [4.78, 5) is 0. The third-order valence-electron chi connectivity index (χ3n) is 3.64. The van der Waals surface area contributed by atoms with Crippen LogP contribution in [0.3, 0.4) is 0 Å². The Labute approximate surface area is 112 Å². The molecule has 0 heterocycles. The van der Waals surface area contributed by atoms with Gasteiger partial charge in [-0.05, 0) is 43.0 Å². The average Bonchev–Trinajstić information content (AvgIpc) is 2.27. The summed E-state index contributed by atoms with van der Waals surface area (Å²) in [6, 6.07) is 5.56. The summed E-state index contributed by atoms with van der Waals surface area (Å²) in [5, 5.41) is 3.31. The molecule has 1 nitrogen and oxygen atoms in total. The van der Waals surface area contributed by atoms with Gasteiger partial charge in [-0.2, -0.15) is 0 Å². The van der Waals surface area contributed by atoms with Crippen LogP contribution in [0.25, 0.3) is 0 Å². The zero-order valence-electron chi connectivity index (χ0n) is 11.0. The lowest BCUT2D eigenvalue weighted by Gasteiger charge is -2.33. The number of likely N-dealkylation sites (N-methyl/N-ethyl adjacent to an activating group) is 1. The minimum absolute atomic E-state index is 0.133. The molecule has 1 aromatic carbocycles. The van der Waals surface area contributed by atoms with E-state index in [2.05, 4.69) is 42.0 Å². The van der Waals surface area contributed by atoms with Crippen molar-refractivity contribution in [2.75, 3.05) is 7.05 Å². The predicted octanol–water partition coefficient (Wildman–Crippen LogP) is 4.15. The number of benzene rings is 1. The van der Waals surface area contributed by atoms with Gasteiger partial charge in [0.1, 0.15) is 5.82 Å². The molecule has 0 saturated carbocycles. The third kappa shape index (κ3) is 3.78. The second kappa shape index (κ2) is 5.96. The van der Waals surface area contributed by atoms with E-state index in [0.29, 0.717) is 0 Å². The first-order valence-corrected chi connectivity index (χ1v) is 6.81. The van der Waals surface area contributed by atoms with Gasteiger partial charge in [-0.25, -0.2) is 4.39 Å². The number of hydrogen-bond acceptors (Lipinski definition) is 1. The molecule has 0 fully saturated rings. The van der Waals surface area contributed by atoms with Crippen molar-refractivity contribution in [1.82, 2.24) is 5.32 Å². The first-order chi connectivity index (χ1) is 7.90. The molecule has 1 rings (SSSR count). The van der Waals surface area contributed by atoms with Gasteiger partial charge in [0.05, 0.1) is 0 Å². The van der Waals surface area contributed by atoms with Gasteiger partial charge in [-0.1, -0.05) is 42.8 Å². The topological polar surface area (TPSA) is 12.0 Å². The molecular weight excluding hydrogens is 281 g/mol. The molecule has 1 unspecified atom stereocenters. The predicted molar refractivity (Wildman–Crippen MR) is 74.7 cm³/mol. The molecule has 1 aromatic rings. The molecule has 17 heavy (non-hydrogen) atoms. The van der Waals surface area contributed by atoms with Gasteiger partial charge in [0, 0.05) is 10.5 Å². The van der Waals surface area contributed by atoms with Crippen LogP contribution in [0, 0.1) is 11.2 Å². The highest BCUT2D eigenvalue weighted by molar-refractivity contribution is 9.10. The van der Waals surface area contributed by atoms with Gasteiger partial charge in [-0.3, -0.25) is 0 Å². The molecular formula is C14H21BrFN. The number of halogens is 2. The molecule has 0 radical (unpaired) electrons. The lowest BCUT2D eigenvalue weighted by molar-refractivity contribution is 0.239. The first-order valence-electron chi connectivity index (χ1n) is 6.02. The highest BCUT2D eigenvalue weighted by atomic mass is 79.9. The fourth-order valence-electron chi connectivity index (χ4n) is 1.92. The molecule has 3 heteroatoms. The van der Waals surface area contributed by atoms with Crippen LogP contribution in [0.1, 0.15) is 32.8 Å². The number of rotatable bonds is 5. The van der Waals surface area contributed by atoms with E-state index in [1.165, 1.54) is 6.07 Å². The molecule has 0 aliphatic carbocycles. The SMILES string of the molecule is CCC(C)(C)C(Cc1ccc(Br)cc1F)NC. The van der Waals surface area contributed by atoms with Crippen molar-refractivity contribution in [2.24, 2.45) is 5.41 Å². The summed E-state index contributed by atoms with van der Waals surface area (Å²) in [5.74, 6) is -0.133. The standard InChI is InChI=1S/C14H21BrFN/c1-5-14(2,3)13(17-4)8-10-6-7-11(15)9-12(10)16/h6-7,9,13,17H,5,8H2,1-4H3. The summed E-state index contributed by atoms with van der Waals surface area (Å²) >= 11 is 3.28. The Balaban J connectivity index is 2.88. The van der Waals surface area contributed by atoms with E-state index < -0.39 is 0 Å². The second-order valence-electron chi connectivity index (χ2n) is 5.12. The zero-order valence-corrected chi connectivity index (χ0v) is 12.6. The molecule has 0 aliphatic rings. The molecule has 0 bridgehead atoms. The highest BCUT2D eigenvalue weighted by Gasteiger charge is 2.27. The van der Waals surface area contributed by atoms with Crippen LogP contribution in [0.15, 0.2) is 22.7 Å². The summed E-state index contributed by atoms with van der Waals surface area (Å²) in [5.41, 5.74) is 0.933. The molecule has 0 amide bonds. The van der Waals surface area contributed by atoms with Crippen molar-refractivity contribution in [3.8, 4) is 0 Å². The Kier molecular flexibility index (Phi) is 5.14. The van der Waals surface area contributed by atoms with Crippen molar-refractivity contribution < 1.29 is 4.39 Å². The number of hydrogen-bond donors (Lipinski definition) is 1. The largest absolute Gasteiger partial charge is 0.316 e. The van der Waals surface area contributed by atoms with Crippen molar-refractivity contribution in [2.45, 2.75) is 39.7 Å². The van der Waals surface area contributed by atoms with E-state index in [-0.39, 0.29) is 17.3 Å². The van der Waals surface area contributed by atoms with E-state index in [0.717, 1.165) is 22.9 Å². The Morgan fingerprint density at radius 3 is 2.53 bits per heavy atom. The van der Waals surface area contributed by atoms with Gasteiger partial charge in [-0.15, -0.1) is 0 Å². The monoisotopic (exact) mass is 301 g/mol. The van der Waals surface area contributed by atoms with Crippen LogP contribution in [0.2, 0.25) is 0 Å². The molecule has 1 atom stereocenters. The van der Waals surface area contributed by atoms with Crippen LogP contribution in [0.4, 0.5) is 4.39 Å². The Hall–Kier alpha value is -0.410. The number of nitrogens with one attached hydrogen (secondary N) is 1. The Morgan fingerprint density at radius 1 is 1.41 bits per heavy atom. The summed E-state index contributed by atoms with van der Waals surface area (Å²) in [6.45, 7) is 6.60. The van der Waals surface area contributed by atoms with Crippen LogP contribution >= 0.6 is 15.9 Å². The lowest BCUT2D eigenvalue weighted by atomic mass is 9.79. The fourth-order valence-corrected chi connectivity index (χ4v) is 2.26. The smallest absolute Gasteiger partial charge is 0.127 e. The fraction of sp³-hybridized carbons (Fsp3) is 0.571. The molecule has 0 saturated heterocycles. The van der Waals surface area contributed by atoms with Gasteiger partial charge in [0.25, 0.3) is 0 Å². The maximum Gasteiger partial charge on any atom is 0.127 e. The van der Waals surface area contributed by atoms with Crippen LogP contribution in [-0.4, -0.2) is 13.1 Å². The third-order valence-corrected chi connectivity index (χ3v) is 4.14. The van der Waals surface area contributed by atoms with Crippen LogP contribution in [0.5, 0.6) is 0 Å². The van der Waals surface area contributed by atoms with E-state index in [1.807, 2.05) is 19.2 Å². The Bertz CT molecular complexity index is 376. The molecule has 96 valence electrons.